The van der Waals surface area contributed by atoms with Gasteiger partial charge >= 0.3 is 0 Å². The number of anilines is 2. The van der Waals surface area contributed by atoms with E-state index >= 15 is 0 Å². The van der Waals surface area contributed by atoms with Gasteiger partial charge in [-0.3, -0.25) is 5.32 Å². The van der Waals surface area contributed by atoms with Crippen LogP contribution in [0.15, 0.2) is 6.07 Å². The van der Waals surface area contributed by atoms with Crippen molar-refractivity contribution in [3.63, 3.8) is 0 Å². The molecule has 0 aliphatic heterocycles. The molecule has 5 nitrogen and oxygen atoms in total. The monoisotopic (exact) mass is 259 g/mol. The molecule has 0 amide bonds. The third kappa shape index (κ3) is 3.34. The molecule has 102 valence electrons. The van der Waals surface area contributed by atoms with Crippen molar-refractivity contribution in [2.24, 2.45) is 11.3 Å². The summed E-state index contributed by atoms with van der Waals surface area (Å²) in [4.78, 5) is 8.50. The fourth-order valence-corrected chi connectivity index (χ4v) is 2.43. The zero-order valence-electron chi connectivity index (χ0n) is 11.8. The maximum Gasteiger partial charge on any atom is 0.182 e. The fourth-order valence-electron chi connectivity index (χ4n) is 2.43. The van der Waals surface area contributed by atoms with Crippen LogP contribution in [-0.2, 0) is 0 Å². The molecule has 2 N–H and O–H groups in total. The lowest BCUT2D eigenvalue weighted by molar-refractivity contribution is 0.134. The molecule has 5 heteroatoms. The number of aromatic nitrogens is 2. The number of nitriles is 1. The van der Waals surface area contributed by atoms with E-state index < -0.39 is 0 Å². The van der Waals surface area contributed by atoms with E-state index in [0.29, 0.717) is 11.6 Å². The molecule has 1 aliphatic carbocycles. The second-order valence-electron chi connectivity index (χ2n) is 5.89. The zero-order valence-corrected chi connectivity index (χ0v) is 11.8. The normalized spacial score (nSPS) is 15.5. The third-order valence-electron chi connectivity index (χ3n) is 3.96. The number of hydrogen-bond donors (Lipinski definition) is 2. The van der Waals surface area contributed by atoms with Gasteiger partial charge in [0.25, 0.3) is 0 Å². The molecular weight excluding hydrogens is 238 g/mol. The van der Waals surface area contributed by atoms with Gasteiger partial charge in [-0.05, 0) is 31.1 Å². The predicted molar refractivity (Wildman–Crippen MR) is 75.6 cm³/mol. The highest BCUT2D eigenvalue weighted by atomic mass is 15.1. The number of aryl methyl sites for hydroxylation is 1. The van der Waals surface area contributed by atoms with Crippen molar-refractivity contribution in [3.8, 4) is 6.19 Å². The summed E-state index contributed by atoms with van der Waals surface area (Å²) in [5.74, 6) is 2.78. The minimum atomic E-state index is 0.278. The lowest BCUT2D eigenvalue weighted by atomic mass is 9.67. The lowest BCUT2D eigenvalue weighted by Gasteiger charge is -2.40. The van der Waals surface area contributed by atoms with Crippen molar-refractivity contribution in [1.82, 2.24) is 9.97 Å². The highest BCUT2D eigenvalue weighted by Crippen LogP contribution is 2.41. The number of rotatable bonds is 5. The molecule has 1 fully saturated rings. The SMILES string of the molecule is Cc1nc(NC#N)cc(NCC(C)(C)C2CCC2)n1. The third-order valence-corrected chi connectivity index (χ3v) is 3.96. The Morgan fingerprint density at radius 1 is 1.37 bits per heavy atom. The molecule has 1 saturated carbocycles. The maximum absolute atomic E-state index is 8.63. The minimum Gasteiger partial charge on any atom is -0.369 e. The van der Waals surface area contributed by atoms with Gasteiger partial charge in [0.05, 0.1) is 0 Å². The topological polar surface area (TPSA) is 73.6 Å². The van der Waals surface area contributed by atoms with Crippen molar-refractivity contribution in [2.45, 2.75) is 40.0 Å². The Hall–Kier alpha value is -1.83. The molecule has 1 aromatic rings. The van der Waals surface area contributed by atoms with Crippen LogP contribution in [0.1, 0.15) is 38.9 Å². The summed E-state index contributed by atoms with van der Waals surface area (Å²) in [6.45, 7) is 7.31. The molecule has 19 heavy (non-hydrogen) atoms. The first-order valence-electron chi connectivity index (χ1n) is 6.76. The van der Waals surface area contributed by atoms with E-state index in [1.54, 1.807) is 6.07 Å². The van der Waals surface area contributed by atoms with Gasteiger partial charge in [0.15, 0.2) is 6.19 Å². The number of nitrogens with zero attached hydrogens (tertiary/aromatic N) is 3. The molecule has 1 heterocycles. The van der Waals surface area contributed by atoms with Crippen LogP contribution in [0.25, 0.3) is 0 Å². The second kappa shape index (κ2) is 5.43. The molecule has 1 aromatic heterocycles. The minimum absolute atomic E-state index is 0.278. The van der Waals surface area contributed by atoms with Gasteiger partial charge in [-0.2, -0.15) is 5.26 Å². The number of hydrogen-bond acceptors (Lipinski definition) is 5. The molecule has 0 unspecified atom stereocenters. The average molecular weight is 259 g/mol. The van der Waals surface area contributed by atoms with E-state index in [4.69, 9.17) is 5.26 Å². The largest absolute Gasteiger partial charge is 0.369 e. The summed E-state index contributed by atoms with van der Waals surface area (Å²) >= 11 is 0. The van der Waals surface area contributed by atoms with Gasteiger partial charge in [-0.15, -0.1) is 0 Å². The fraction of sp³-hybridized carbons (Fsp3) is 0.643. The van der Waals surface area contributed by atoms with E-state index in [-0.39, 0.29) is 5.41 Å². The average Bonchev–Trinajstić information content (AvgIpc) is 2.23. The van der Waals surface area contributed by atoms with Crippen LogP contribution in [0.4, 0.5) is 11.6 Å². The van der Waals surface area contributed by atoms with Crippen molar-refractivity contribution in [2.75, 3.05) is 17.2 Å². The molecule has 1 aliphatic rings. The van der Waals surface area contributed by atoms with Gasteiger partial charge in [0.2, 0.25) is 0 Å². The highest BCUT2D eigenvalue weighted by Gasteiger charge is 2.33. The van der Waals surface area contributed by atoms with E-state index in [2.05, 4.69) is 34.4 Å². The Morgan fingerprint density at radius 3 is 2.63 bits per heavy atom. The highest BCUT2D eigenvalue weighted by molar-refractivity contribution is 5.49. The van der Waals surface area contributed by atoms with Crippen LogP contribution in [0.2, 0.25) is 0 Å². The van der Waals surface area contributed by atoms with Crippen molar-refractivity contribution < 1.29 is 0 Å². The second-order valence-corrected chi connectivity index (χ2v) is 5.89. The first-order chi connectivity index (χ1) is 9.01. The standard InChI is InChI=1S/C14H21N5/c1-10-18-12(7-13(19-10)17-9-15)16-8-14(2,3)11-5-4-6-11/h7,11H,4-6,8H2,1-3H3,(H2,16,17,18,19). The molecule has 0 spiro atoms. The Balaban J connectivity index is 2.00. The predicted octanol–water partition coefficient (Wildman–Crippen LogP) is 2.92. The van der Waals surface area contributed by atoms with Crippen LogP contribution in [0.3, 0.4) is 0 Å². The van der Waals surface area contributed by atoms with Crippen LogP contribution in [-0.4, -0.2) is 16.5 Å². The summed E-state index contributed by atoms with van der Waals surface area (Å²) in [5.41, 5.74) is 0.278. The van der Waals surface area contributed by atoms with Gasteiger partial charge < -0.3 is 5.32 Å². The van der Waals surface area contributed by atoms with E-state index in [9.17, 15) is 0 Å². The maximum atomic E-state index is 8.63. The van der Waals surface area contributed by atoms with E-state index in [0.717, 1.165) is 18.3 Å². The summed E-state index contributed by atoms with van der Waals surface area (Å²) in [5, 5.41) is 14.5. The molecule has 2 rings (SSSR count). The Kier molecular flexibility index (Phi) is 3.89. The summed E-state index contributed by atoms with van der Waals surface area (Å²) in [6, 6.07) is 1.77. The Bertz CT molecular complexity index is 485. The van der Waals surface area contributed by atoms with E-state index in [1.165, 1.54) is 19.3 Å². The quantitative estimate of drug-likeness (QED) is 0.628. The van der Waals surface area contributed by atoms with Crippen LogP contribution in [0, 0.1) is 29.7 Å². The van der Waals surface area contributed by atoms with Crippen molar-refractivity contribution in [3.05, 3.63) is 11.9 Å². The molecular formula is C14H21N5. The van der Waals surface area contributed by atoms with Gasteiger partial charge in [-0.1, -0.05) is 20.3 Å². The molecule has 0 saturated heterocycles. The van der Waals surface area contributed by atoms with Gasteiger partial charge in [0.1, 0.15) is 17.5 Å². The zero-order chi connectivity index (χ0) is 13.9. The van der Waals surface area contributed by atoms with Crippen molar-refractivity contribution in [1.29, 1.82) is 5.26 Å². The van der Waals surface area contributed by atoms with Crippen LogP contribution < -0.4 is 10.6 Å². The number of nitrogens with one attached hydrogen (secondary N) is 2. The van der Waals surface area contributed by atoms with E-state index in [1.807, 2.05) is 13.1 Å². The Morgan fingerprint density at radius 2 is 2.05 bits per heavy atom. The molecule has 0 radical (unpaired) electrons. The molecule has 0 atom stereocenters. The molecule has 0 aromatic carbocycles. The van der Waals surface area contributed by atoms with Crippen molar-refractivity contribution >= 4 is 11.6 Å². The smallest absolute Gasteiger partial charge is 0.182 e. The van der Waals surface area contributed by atoms with Gasteiger partial charge in [0, 0.05) is 12.6 Å². The molecule has 0 bridgehead atoms. The first-order valence-corrected chi connectivity index (χ1v) is 6.76. The van der Waals surface area contributed by atoms with Crippen LogP contribution >= 0.6 is 0 Å². The Labute approximate surface area is 114 Å². The first kappa shape index (κ1) is 13.6. The summed E-state index contributed by atoms with van der Waals surface area (Å²) in [7, 11) is 0. The lowest BCUT2D eigenvalue weighted by Crippen LogP contribution is -2.35. The summed E-state index contributed by atoms with van der Waals surface area (Å²) in [6.07, 6.45) is 5.90. The summed E-state index contributed by atoms with van der Waals surface area (Å²) < 4.78 is 0. The van der Waals surface area contributed by atoms with Gasteiger partial charge in [-0.25, -0.2) is 9.97 Å². The van der Waals surface area contributed by atoms with Crippen LogP contribution in [0.5, 0.6) is 0 Å².